The van der Waals surface area contributed by atoms with Gasteiger partial charge in [-0.2, -0.15) is 4.98 Å². The van der Waals surface area contributed by atoms with Crippen LogP contribution in [0.25, 0.3) is 22.8 Å². The van der Waals surface area contributed by atoms with E-state index in [4.69, 9.17) is 18.4 Å². The maximum absolute atomic E-state index is 5.72. The van der Waals surface area contributed by atoms with Crippen LogP contribution in [0, 0.1) is 0 Å². The summed E-state index contributed by atoms with van der Waals surface area (Å²) in [5, 5.41) is 12.5. The first kappa shape index (κ1) is 18.1. The van der Waals surface area contributed by atoms with Gasteiger partial charge < -0.3 is 18.4 Å². The molecule has 4 rings (SSSR count). The van der Waals surface area contributed by atoms with Gasteiger partial charge in [0.05, 0.1) is 20.0 Å². The van der Waals surface area contributed by atoms with Crippen LogP contribution in [0.1, 0.15) is 5.89 Å². The normalized spacial score (nSPS) is 10.8. The molecule has 2 aromatic carbocycles. The van der Waals surface area contributed by atoms with Crippen LogP contribution >= 0.6 is 11.8 Å². The lowest BCUT2D eigenvalue weighted by molar-refractivity contribution is 0.390. The standard InChI is InChI=1S/C19H16N4O4S/c1-24-14-8-13(9-15(10-14)25-2)18-21-22-19(26-18)28-11-16-20-17(23-27-16)12-6-4-3-5-7-12/h3-10H,11H2,1-2H3. The zero-order valence-corrected chi connectivity index (χ0v) is 16.0. The van der Waals surface area contributed by atoms with Crippen molar-refractivity contribution < 1.29 is 18.4 Å². The zero-order valence-electron chi connectivity index (χ0n) is 15.2. The number of rotatable bonds is 7. The fourth-order valence-corrected chi connectivity index (χ4v) is 3.06. The molecule has 0 aliphatic carbocycles. The van der Waals surface area contributed by atoms with Crippen molar-refractivity contribution >= 4 is 11.8 Å². The van der Waals surface area contributed by atoms with Crippen molar-refractivity contribution in [3.8, 4) is 34.3 Å². The number of hydrogen-bond acceptors (Lipinski definition) is 9. The zero-order chi connectivity index (χ0) is 19.3. The molecule has 0 unspecified atom stereocenters. The van der Waals surface area contributed by atoms with Gasteiger partial charge in [0.15, 0.2) is 0 Å². The van der Waals surface area contributed by atoms with Crippen LogP contribution in [-0.2, 0) is 5.75 Å². The average Bonchev–Trinajstić information content (AvgIpc) is 3.42. The Hall–Kier alpha value is -3.33. The Morgan fingerprint density at radius 3 is 2.39 bits per heavy atom. The van der Waals surface area contributed by atoms with E-state index in [0.717, 1.165) is 5.56 Å². The molecular formula is C19H16N4O4S. The van der Waals surface area contributed by atoms with E-state index >= 15 is 0 Å². The average molecular weight is 396 g/mol. The molecule has 0 aliphatic rings. The van der Waals surface area contributed by atoms with E-state index in [1.165, 1.54) is 11.8 Å². The quantitative estimate of drug-likeness (QED) is 0.428. The van der Waals surface area contributed by atoms with Crippen molar-refractivity contribution in [2.24, 2.45) is 0 Å². The number of thioether (sulfide) groups is 1. The highest BCUT2D eigenvalue weighted by Gasteiger charge is 2.14. The SMILES string of the molecule is COc1cc(OC)cc(-c2nnc(SCc3nc(-c4ccccc4)no3)o2)c1. The lowest BCUT2D eigenvalue weighted by atomic mass is 10.2. The van der Waals surface area contributed by atoms with Crippen LogP contribution in [0.4, 0.5) is 0 Å². The molecule has 142 valence electrons. The van der Waals surface area contributed by atoms with E-state index in [2.05, 4.69) is 20.3 Å². The van der Waals surface area contributed by atoms with Crippen LogP contribution in [-0.4, -0.2) is 34.6 Å². The van der Waals surface area contributed by atoms with Gasteiger partial charge in [-0.05, 0) is 12.1 Å². The molecule has 2 heterocycles. The second-order valence-corrected chi connectivity index (χ2v) is 6.57. The van der Waals surface area contributed by atoms with Gasteiger partial charge in [0.25, 0.3) is 5.22 Å². The molecule has 0 saturated carbocycles. The molecule has 8 nitrogen and oxygen atoms in total. The number of hydrogen-bond donors (Lipinski definition) is 0. The van der Waals surface area contributed by atoms with E-state index in [-0.39, 0.29) is 0 Å². The maximum Gasteiger partial charge on any atom is 0.277 e. The van der Waals surface area contributed by atoms with E-state index < -0.39 is 0 Å². The minimum atomic E-state index is 0.371. The molecule has 0 saturated heterocycles. The number of aromatic nitrogens is 4. The van der Waals surface area contributed by atoms with Crippen LogP contribution in [0.2, 0.25) is 0 Å². The van der Waals surface area contributed by atoms with E-state index in [0.29, 0.717) is 45.6 Å². The maximum atomic E-state index is 5.72. The summed E-state index contributed by atoms with van der Waals surface area (Å²) in [6, 6.07) is 15.0. The molecular weight excluding hydrogens is 380 g/mol. The second kappa shape index (κ2) is 8.13. The molecule has 0 bridgehead atoms. The van der Waals surface area contributed by atoms with Crippen molar-refractivity contribution in [3.05, 3.63) is 54.4 Å². The number of ether oxygens (including phenoxy) is 2. The first-order valence-electron chi connectivity index (χ1n) is 8.33. The fourth-order valence-electron chi connectivity index (χ4n) is 2.46. The molecule has 0 spiro atoms. The van der Waals surface area contributed by atoms with Crippen LogP contribution < -0.4 is 9.47 Å². The molecule has 0 amide bonds. The fraction of sp³-hybridized carbons (Fsp3) is 0.158. The van der Waals surface area contributed by atoms with Crippen LogP contribution in [0.5, 0.6) is 11.5 Å². The first-order valence-corrected chi connectivity index (χ1v) is 9.31. The Morgan fingerprint density at radius 1 is 0.929 bits per heavy atom. The van der Waals surface area contributed by atoms with Crippen LogP contribution in [0.15, 0.2) is 62.7 Å². The molecule has 4 aromatic rings. The van der Waals surface area contributed by atoms with E-state index in [1.54, 1.807) is 32.4 Å². The molecule has 28 heavy (non-hydrogen) atoms. The van der Waals surface area contributed by atoms with Gasteiger partial charge in [-0.3, -0.25) is 0 Å². The summed E-state index contributed by atoms with van der Waals surface area (Å²) in [4.78, 5) is 4.38. The van der Waals surface area contributed by atoms with Gasteiger partial charge in [-0.15, -0.1) is 10.2 Å². The molecule has 0 radical (unpaired) electrons. The lowest BCUT2D eigenvalue weighted by Gasteiger charge is -2.05. The largest absolute Gasteiger partial charge is 0.497 e. The topological polar surface area (TPSA) is 96.3 Å². The van der Waals surface area contributed by atoms with Gasteiger partial charge in [-0.1, -0.05) is 47.3 Å². The lowest BCUT2D eigenvalue weighted by Crippen LogP contribution is -1.88. The molecule has 0 aliphatic heterocycles. The van der Waals surface area contributed by atoms with Crippen LogP contribution in [0.3, 0.4) is 0 Å². The summed E-state index contributed by atoms with van der Waals surface area (Å²) in [6.07, 6.45) is 0. The Balaban J connectivity index is 1.45. The van der Waals surface area contributed by atoms with Crippen molar-refractivity contribution in [2.75, 3.05) is 14.2 Å². The molecule has 9 heteroatoms. The second-order valence-electron chi connectivity index (χ2n) is 5.64. The monoisotopic (exact) mass is 396 g/mol. The highest BCUT2D eigenvalue weighted by molar-refractivity contribution is 7.98. The Morgan fingerprint density at radius 2 is 1.68 bits per heavy atom. The van der Waals surface area contributed by atoms with Crippen molar-refractivity contribution in [1.82, 2.24) is 20.3 Å². The molecule has 0 fully saturated rings. The molecule has 2 aromatic heterocycles. The van der Waals surface area contributed by atoms with Gasteiger partial charge >= 0.3 is 0 Å². The highest BCUT2D eigenvalue weighted by atomic mass is 32.2. The third kappa shape index (κ3) is 3.99. The Labute approximate surface area is 164 Å². The summed E-state index contributed by atoms with van der Waals surface area (Å²) >= 11 is 1.32. The summed E-state index contributed by atoms with van der Waals surface area (Å²) in [6.45, 7) is 0. The number of nitrogens with zero attached hydrogens (tertiary/aromatic N) is 4. The molecule has 0 N–H and O–H groups in total. The Bertz CT molecular complexity index is 1040. The summed E-state index contributed by atoms with van der Waals surface area (Å²) < 4.78 is 21.5. The predicted octanol–water partition coefficient (Wildman–Crippen LogP) is 4.10. The Kier molecular flexibility index (Phi) is 5.24. The third-order valence-electron chi connectivity index (χ3n) is 3.82. The minimum absolute atomic E-state index is 0.371. The van der Waals surface area contributed by atoms with Gasteiger partial charge in [0.1, 0.15) is 11.5 Å². The number of methoxy groups -OCH3 is 2. The van der Waals surface area contributed by atoms with E-state index in [1.807, 2.05) is 30.3 Å². The van der Waals surface area contributed by atoms with Gasteiger partial charge in [0.2, 0.25) is 17.6 Å². The summed E-state index contributed by atoms with van der Waals surface area (Å²) in [5.41, 5.74) is 1.61. The highest BCUT2D eigenvalue weighted by Crippen LogP contribution is 2.31. The minimum Gasteiger partial charge on any atom is -0.497 e. The van der Waals surface area contributed by atoms with Crippen molar-refractivity contribution in [3.63, 3.8) is 0 Å². The molecule has 0 atom stereocenters. The first-order chi connectivity index (χ1) is 13.7. The third-order valence-corrected chi connectivity index (χ3v) is 4.63. The van der Waals surface area contributed by atoms with Crippen molar-refractivity contribution in [2.45, 2.75) is 11.0 Å². The van der Waals surface area contributed by atoms with E-state index in [9.17, 15) is 0 Å². The predicted molar refractivity (Wildman–Crippen MR) is 102 cm³/mol. The number of benzene rings is 2. The van der Waals surface area contributed by atoms with Gasteiger partial charge in [-0.25, -0.2) is 0 Å². The summed E-state index contributed by atoms with van der Waals surface area (Å²) in [5.74, 6) is 3.10. The smallest absolute Gasteiger partial charge is 0.277 e. The van der Waals surface area contributed by atoms with Crippen molar-refractivity contribution in [1.29, 1.82) is 0 Å². The summed E-state index contributed by atoms with van der Waals surface area (Å²) in [7, 11) is 3.17. The van der Waals surface area contributed by atoms with Gasteiger partial charge in [0, 0.05) is 17.2 Å².